The lowest BCUT2D eigenvalue weighted by Gasteiger charge is -2.10. The first-order chi connectivity index (χ1) is 13.9. The first kappa shape index (κ1) is 19.5. The Hall–Kier alpha value is -2.86. The third kappa shape index (κ3) is 3.85. The molecule has 1 N–H and O–H groups in total. The summed E-state index contributed by atoms with van der Waals surface area (Å²) >= 11 is 1.56. The fraction of sp³-hybridized carbons (Fsp3) is 0.261. The molecule has 0 aliphatic carbocycles. The number of nitrogens with one attached hydrogen (secondary N) is 1. The number of para-hydroxylation sites is 1. The highest BCUT2D eigenvalue weighted by Gasteiger charge is 2.14. The van der Waals surface area contributed by atoms with Crippen molar-refractivity contribution in [1.82, 2.24) is 14.6 Å². The van der Waals surface area contributed by atoms with Gasteiger partial charge in [-0.25, -0.2) is 0 Å². The van der Waals surface area contributed by atoms with Gasteiger partial charge in [0.1, 0.15) is 0 Å². The second kappa shape index (κ2) is 7.87. The number of hydrogen-bond acceptors (Lipinski definition) is 4. The van der Waals surface area contributed by atoms with Crippen molar-refractivity contribution in [2.75, 3.05) is 11.1 Å². The zero-order valence-corrected chi connectivity index (χ0v) is 17.9. The van der Waals surface area contributed by atoms with E-state index in [2.05, 4.69) is 58.0 Å². The maximum absolute atomic E-state index is 12.4. The van der Waals surface area contributed by atoms with Crippen LogP contribution in [-0.4, -0.2) is 26.3 Å². The average molecular weight is 405 g/mol. The van der Waals surface area contributed by atoms with E-state index in [1.54, 1.807) is 11.8 Å². The van der Waals surface area contributed by atoms with Gasteiger partial charge in [0.25, 0.3) is 0 Å². The molecule has 29 heavy (non-hydrogen) atoms. The molecule has 5 nitrogen and oxygen atoms in total. The molecular weight excluding hydrogens is 380 g/mol. The number of pyridine rings is 1. The summed E-state index contributed by atoms with van der Waals surface area (Å²) in [7, 11) is 0. The highest BCUT2D eigenvalue weighted by atomic mass is 32.2. The summed E-state index contributed by atoms with van der Waals surface area (Å²) in [6, 6.07) is 14.4. The predicted octanol–water partition coefficient (Wildman–Crippen LogP) is 5.24. The Balaban J connectivity index is 1.52. The van der Waals surface area contributed by atoms with Gasteiger partial charge in [0.2, 0.25) is 5.91 Å². The van der Waals surface area contributed by atoms with Crippen LogP contribution >= 0.6 is 11.8 Å². The van der Waals surface area contributed by atoms with Crippen molar-refractivity contribution in [3.63, 3.8) is 0 Å². The van der Waals surface area contributed by atoms with E-state index in [4.69, 9.17) is 0 Å². The fourth-order valence-corrected chi connectivity index (χ4v) is 4.42. The number of aromatic nitrogens is 3. The molecule has 148 valence electrons. The van der Waals surface area contributed by atoms with Gasteiger partial charge in [0.05, 0.1) is 5.52 Å². The van der Waals surface area contributed by atoms with E-state index in [0.717, 1.165) is 33.1 Å². The molecule has 0 aliphatic rings. The second-order valence-electron chi connectivity index (χ2n) is 7.44. The quantitative estimate of drug-likeness (QED) is 0.462. The molecular formula is C23H24N4OS. The number of fused-ring (bicyclic) bond motifs is 3. The van der Waals surface area contributed by atoms with Crippen LogP contribution < -0.4 is 5.32 Å². The summed E-state index contributed by atoms with van der Waals surface area (Å²) in [4.78, 5) is 12.4. The topological polar surface area (TPSA) is 59.3 Å². The Kier molecular flexibility index (Phi) is 5.28. The van der Waals surface area contributed by atoms with Crippen LogP contribution in [0.5, 0.6) is 0 Å². The molecule has 6 heteroatoms. The molecule has 0 spiro atoms. The van der Waals surface area contributed by atoms with E-state index in [0.29, 0.717) is 12.2 Å². The zero-order valence-electron chi connectivity index (χ0n) is 17.1. The van der Waals surface area contributed by atoms with Gasteiger partial charge in [-0.1, -0.05) is 42.1 Å². The van der Waals surface area contributed by atoms with E-state index < -0.39 is 0 Å². The molecule has 0 fully saturated rings. The molecule has 2 aromatic carbocycles. The highest BCUT2D eigenvalue weighted by molar-refractivity contribution is 7.99. The molecule has 0 saturated carbocycles. The molecule has 2 aromatic heterocycles. The van der Waals surface area contributed by atoms with Gasteiger partial charge in [-0.05, 0) is 62.1 Å². The highest BCUT2D eigenvalue weighted by Crippen LogP contribution is 2.28. The van der Waals surface area contributed by atoms with Crippen molar-refractivity contribution < 1.29 is 4.79 Å². The summed E-state index contributed by atoms with van der Waals surface area (Å²) < 4.78 is 2.10. The van der Waals surface area contributed by atoms with Gasteiger partial charge in [-0.2, -0.15) is 0 Å². The zero-order chi connectivity index (χ0) is 20.5. The lowest BCUT2D eigenvalue weighted by atomic mass is 10.1. The van der Waals surface area contributed by atoms with Crippen molar-refractivity contribution in [2.45, 2.75) is 39.3 Å². The third-order valence-corrected chi connectivity index (χ3v) is 6.05. The Morgan fingerprint density at radius 2 is 1.83 bits per heavy atom. The summed E-state index contributed by atoms with van der Waals surface area (Å²) in [6.45, 7) is 8.23. The van der Waals surface area contributed by atoms with Crippen molar-refractivity contribution in [3.05, 3.63) is 64.7 Å². The average Bonchev–Trinajstić information content (AvgIpc) is 3.07. The number of rotatable bonds is 5. The van der Waals surface area contributed by atoms with Crippen LogP contribution in [0.3, 0.4) is 0 Å². The predicted molar refractivity (Wildman–Crippen MR) is 120 cm³/mol. The van der Waals surface area contributed by atoms with Crippen LogP contribution in [0.2, 0.25) is 0 Å². The molecule has 4 rings (SSSR count). The minimum absolute atomic E-state index is 0.0110. The summed E-state index contributed by atoms with van der Waals surface area (Å²) in [5.74, 6) is 0.649. The number of anilines is 1. The minimum Gasteiger partial charge on any atom is -0.326 e. The van der Waals surface area contributed by atoms with Crippen LogP contribution in [0.15, 0.2) is 47.6 Å². The van der Waals surface area contributed by atoms with E-state index in [-0.39, 0.29) is 5.91 Å². The van der Waals surface area contributed by atoms with E-state index in [1.807, 2.05) is 32.0 Å². The van der Waals surface area contributed by atoms with Gasteiger partial charge < -0.3 is 5.32 Å². The number of benzene rings is 2. The van der Waals surface area contributed by atoms with Gasteiger partial charge in [-0.3, -0.25) is 9.20 Å². The van der Waals surface area contributed by atoms with Crippen molar-refractivity contribution >= 4 is 39.9 Å². The molecule has 1 amide bonds. The maximum atomic E-state index is 12.4. The minimum atomic E-state index is 0.0110. The second-order valence-corrected chi connectivity index (χ2v) is 8.50. The lowest BCUT2D eigenvalue weighted by molar-refractivity contribution is -0.115. The van der Waals surface area contributed by atoms with Gasteiger partial charge in [0, 0.05) is 23.2 Å². The molecule has 0 radical (unpaired) electrons. The molecule has 0 saturated heterocycles. The number of nitrogens with zero attached hydrogens (tertiary/aromatic N) is 3. The number of amides is 1. The smallest absolute Gasteiger partial charge is 0.225 e. The molecule has 0 aliphatic heterocycles. The van der Waals surface area contributed by atoms with Crippen molar-refractivity contribution in [3.8, 4) is 0 Å². The number of thioether (sulfide) groups is 1. The Bertz CT molecular complexity index is 1230. The number of aryl methyl sites for hydroxylation is 4. The fourth-order valence-electron chi connectivity index (χ4n) is 3.54. The third-order valence-electron chi connectivity index (χ3n) is 5.12. The van der Waals surface area contributed by atoms with Gasteiger partial charge in [0.15, 0.2) is 10.8 Å². The number of hydrogen-bond donors (Lipinski definition) is 1. The van der Waals surface area contributed by atoms with E-state index in [1.165, 1.54) is 16.5 Å². The largest absolute Gasteiger partial charge is 0.326 e. The summed E-state index contributed by atoms with van der Waals surface area (Å²) in [5, 5.41) is 13.8. The van der Waals surface area contributed by atoms with Gasteiger partial charge >= 0.3 is 0 Å². The lowest BCUT2D eigenvalue weighted by Crippen LogP contribution is -2.13. The first-order valence-corrected chi connectivity index (χ1v) is 10.7. The molecule has 2 heterocycles. The van der Waals surface area contributed by atoms with Crippen LogP contribution in [0, 0.1) is 27.7 Å². The van der Waals surface area contributed by atoms with E-state index in [9.17, 15) is 4.79 Å². The maximum Gasteiger partial charge on any atom is 0.225 e. The first-order valence-electron chi connectivity index (χ1n) is 9.68. The summed E-state index contributed by atoms with van der Waals surface area (Å²) in [5.41, 5.74) is 7.43. The van der Waals surface area contributed by atoms with Crippen molar-refractivity contribution in [1.29, 1.82) is 0 Å². The number of carbonyl (C=O) groups is 1. The van der Waals surface area contributed by atoms with Crippen LogP contribution in [0.1, 0.15) is 28.7 Å². The monoisotopic (exact) mass is 404 g/mol. The number of carbonyl (C=O) groups excluding carboxylic acids is 1. The van der Waals surface area contributed by atoms with Crippen LogP contribution in [0.25, 0.3) is 16.6 Å². The van der Waals surface area contributed by atoms with Gasteiger partial charge in [-0.15, -0.1) is 10.2 Å². The molecule has 0 unspecified atom stereocenters. The van der Waals surface area contributed by atoms with Crippen LogP contribution in [0.4, 0.5) is 5.69 Å². The normalized spacial score (nSPS) is 11.3. The Labute approximate surface area is 174 Å². The Morgan fingerprint density at radius 3 is 2.66 bits per heavy atom. The molecule has 4 aromatic rings. The summed E-state index contributed by atoms with van der Waals surface area (Å²) in [6.07, 6.45) is 0.412. The molecule has 0 atom stereocenters. The Morgan fingerprint density at radius 1 is 1.00 bits per heavy atom. The molecule has 0 bridgehead atoms. The SMILES string of the molecule is Cc1ccc(C)c(NC(=O)CCSc2nnc3cc(C)c4cccc(C)c4n23)c1. The standard InChI is InChI=1S/C23H24N4OS/c1-14-8-9-15(2)19(12-14)24-21(28)10-11-29-23-26-25-20-13-17(4)18-7-5-6-16(3)22(18)27(20)23/h5-9,12-13H,10-11H2,1-4H3,(H,24,28). The van der Waals surface area contributed by atoms with Crippen LogP contribution in [-0.2, 0) is 4.79 Å². The van der Waals surface area contributed by atoms with E-state index >= 15 is 0 Å². The van der Waals surface area contributed by atoms with Crippen molar-refractivity contribution in [2.24, 2.45) is 0 Å².